The molecular weight excluding hydrogens is 174 g/mol. The van der Waals surface area contributed by atoms with Crippen LogP contribution in [0.2, 0.25) is 0 Å². The van der Waals surface area contributed by atoms with Gasteiger partial charge in [0.1, 0.15) is 0 Å². The Hall–Kier alpha value is -0.0800. The fourth-order valence-corrected chi connectivity index (χ4v) is 2.55. The highest BCUT2D eigenvalue weighted by Gasteiger charge is 2.53. The van der Waals surface area contributed by atoms with E-state index in [1.54, 1.807) is 0 Å². The Balaban J connectivity index is 2.99. The molecule has 1 rings (SSSR count). The van der Waals surface area contributed by atoms with Gasteiger partial charge in [0.15, 0.2) is 0 Å². The van der Waals surface area contributed by atoms with E-state index in [9.17, 15) is 5.11 Å². The van der Waals surface area contributed by atoms with Crippen LogP contribution in [0.4, 0.5) is 0 Å². The Morgan fingerprint density at radius 2 is 1.64 bits per heavy atom. The number of aliphatic hydroxyl groups is 1. The summed E-state index contributed by atoms with van der Waals surface area (Å²) in [6.07, 6.45) is 0.860. The first-order valence-electron chi connectivity index (χ1n) is 5.55. The van der Waals surface area contributed by atoms with Crippen molar-refractivity contribution in [3.05, 3.63) is 0 Å². The predicted molar refractivity (Wildman–Crippen MR) is 60.3 cm³/mol. The van der Waals surface area contributed by atoms with E-state index in [4.69, 9.17) is 0 Å². The van der Waals surface area contributed by atoms with E-state index >= 15 is 0 Å². The van der Waals surface area contributed by atoms with Crippen molar-refractivity contribution in [2.45, 2.75) is 59.6 Å². The number of rotatable bonds is 0. The highest BCUT2D eigenvalue weighted by molar-refractivity contribution is 5.08. The van der Waals surface area contributed by atoms with Crippen molar-refractivity contribution >= 4 is 0 Å². The Kier molecular flexibility index (Phi) is 2.75. The van der Waals surface area contributed by atoms with Crippen LogP contribution >= 0.6 is 0 Å². The Labute approximate surface area is 88.1 Å². The van der Waals surface area contributed by atoms with Crippen molar-refractivity contribution in [3.63, 3.8) is 0 Å². The SMILES string of the molecule is CC(C)(C)C1NCCC1(O)C(C)(C)C. The van der Waals surface area contributed by atoms with Gasteiger partial charge in [0.05, 0.1) is 5.60 Å². The van der Waals surface area contributed by atoms with Gasteiger partial charge in [-0.1, -0.05) is 41.5 Å². The Bertz CT molecular complexity index is 211. The van der Waals surface area contributed by atoms with E-state index in [0.29, 0.717) is 0 Å². The fraction of sp³-hybridized carbons (Fsp3) is 1.00. The highest BCUT2D eigenvalue weighted by atomic mass is 16.3. The third-order valence-corrected chi connectivity index (χ3v) is 3.50. The van der Waals surface area contributed by atoms with Gasteiger partial charge < -0.3 is 10.4 Å². The number of hydrogen-bond acceptors (Lipinski definition) is 2. The summed E-state index contributed by atoms with van der Waals surface area (Å²) >= 11 is 0. The molecule has 1 fully saturated rings. The molecule has 0 aromatic carbocycles. The van der Waals surface area contributed by atoms with Crippen LogP contribution in [0.15, 0.2) is 0 Å². The van der Waals surface area contributed by atoms with E-state index in [0.717, 1.165) is 13.0 Å². The molecule has 0 aliphatic carbocycles. The topological polar surface area (TPSA) is 32.3 Å². The lowest BCUT2D eigenvalue weighted by molar-refractivity contribution is -0.0901. The molecule has 2 nitrogen and oxygen atoms in total. The van der Waals surface area contributed by atoms with Crippen molar-refractivity contribution in [2.24, 2.45) is 10.8 Å². The van der Waals surface area contributed by atoms with E-state index in [-0.39, 0.29) is 16.9 Å². The zero-order chi connectivity index (χ0) is 11.2. The third kappa shape index (κ3) is 1.82. The minimum absolute atomic E-state index is 0.0611. The normalized spacial score (nSPS) is 34.9. The van der Waals surface area contributed by atoms with Gasteiger partial charge >= 0.3 is 0 Å². The molecule has 0 aromatic heterocycles. The molecule has 0 radical (unpaired) electrons. The molecule has 0 spiro atoms. The van der Waals surface area contributed by atoms with E-state index in [1.165, 1.54) is 0 Å². The smallest absolute Gasteiger partial charge is 0.0865 e. The second-order valence-corrected chi connectivity index (χ2v) is 6.68. The standard InChI is InChI=1S/C12H25NO/c1-10(2,3)9-12(14,7-8-13-9)11(4,5)6/h9,13-14H,7-8H2,1-6H3. The first-order valence-corrected chi connectivity index (χ1v) is 5.55. The van der Waals surface area contributed by atoms with Crippen LogP contribution in [0.25, 0.3) is 0 Å². The molecule has 2 N–H and O–H groups in total. The van der Waals surface area contributed by atoms with Gasteiger partial charge in [-0.05, 0) is 23.8 Å². The summed E-state index contributed by atoms with van der Waals surface area (Å²) < 4.78 is 0. The molecule has 0 aromatic rings. The maximum atomic E-state index is 10.8. The van der Waals surface area contributed by atoms with Gasteiger partial charge in [-0.3, -0.25) is 0 Å². The molecule has 0 bridgehead atoms. The molecule has 1 aliphatic heterocycles. The molecule has 1 saturated heterocycles. The van der Waals surface area contributed by atoms with E-state index < -0.39 is 5.60 Å². The lowest BCUT2D eigenvalue weighted by atomic mass is 9.65. The predicted octanol–water partition coefficient (Wildman–Crippen LogP) is 2.17. The molecule has 2 unspecified atom stereocenters. The second-order valence-electron chi connectivity index (χ2n) is 6.68. The average Bonchev–Trinajstić information content (AvgIpc) is 2.28. The molecular formula is C12H25NO. The van der Waals surface area contributed by atoms with Crippen LogP contribution in [-0.2, 0) is 0 Å². The average molecular weight is 199 g/mol. The first-order chi connectivity index (χ1) is 6.09. The zero-order valence-corrected chi connectivity index (χ0v) is 10.4. The summed E-state index contributed by atoms with van der Waals surface area (Å²) in [5.74, 6) is 0. The summed E-state index contributed by atoms with van der Waals surface area (Å²) in [6, 6.07) is 0.190. The van der Waals surface area contributed by atoms with Crippen molar-refractivity contribution in [1.29, 1.82) is 0 Å². The monoisotopic (exact) mass is 199 g/mol. The molecule has 2 atom stereocenters. The van der Waals surface area contributed by atoms with Crippen molar-refractivity contribution in [3.8, 4) is 0 Å². The fourth-order valence-electron chi connectivity index (χ4n) is 2.55. The molecule has 1 heterocycles. The van der Waals surface area contributed by atoms with Crippen LogP contribution < -0.4 is 5.32 Å². The third-order valence-electron chi connectivity index (χ3n) is 3.50. The van der Waals surface area contributed by atoms with Crippen LogP contribution in [0.5, 0.6) is 0 Å². The van der Waals surface area contributed by atoms with Gasteiger partial charge in [-0.15, -0.1) is 0 Å². The van der Waals surface area contributed by atoms with Crippen LogP contribution in [-0.4, -0.2) is 23.3 Å². The van der Waals surface area contributed by atoms with Gasteiger partial charge in [-0.2, -0.15) is 0 Å². The lowest BCUT2D eigenvalue weighted by Crippen LogP contribution is -2.57. The number of hydrogen-bond donors (Lipinski definition) is 2. The first kappa shape index (κ1) is 12.0. The van der Waals surface area contributed by atoms with Gasteiger partial charge in [-0.25, -0.2) is 0 Å². The van der Waals surface area contributed by atoms with Crippen molar-refractivity contribution in [2.75, 3.05) is 6.54 Å². The van der Waals surface area contributed by atoms with Crippen LogP contribution in [0, 0.1) is 10.8 Å². The quantitative estimate of drug-likeness (QED) is 0.626. The van der Waals surface area contributed by atoms with Gasteiger partial charge in [0.25, 0.3) is 0 Å². The molecule has 1 aliphatic rings. The molecule has 14 heavy (non-hydrogen) atoms. The van der Waals surface area contributed by atoms with Crippen molar-refractivity contribution < 1.29 is 5.11 Å². The zero-order valence-electron chi connectivity index (χ0n) is 10.4. The minimum atomic E-state index is -0.578. The van der Waals surface area contributed by atoms with E-state index in [2.05, 4.69) is 46.9 Å². The van der Waals surface area contributed by atoms with Gasteiger partial charge in [0, 0.05) is 6.04 Å². The summed E-state index contributed by atoms with van der Waals surface area (Å²) in [7, 11) is 0. The van der Waals surface area contributed by atoms with Crippen LogP contribution in [0.1, 0.15) is 48.0 Å². The Morgan fingerprint density at radius 1 is 1.14 bits per heavy atom. The molecule has 0 amide bonds. The lowest BCUT2D eigenvalue weighted by Gasteiger charge is -2.46. The van der Waals surface area contributed by atoms with Gasteiger partial charge in [0.2, 0.25) is 0 Å². The molecule has 2 heteroatoms. The molecule has 0 saturated carbocycles. The second kappa shape index (κ2) is 3.21. The summed E-state index contributed by atoms with van der Waals surface area (Å²) in [5, 5.41) is 14.2. The maximum Gasteiger partial charge on any atom is 0.0865 e. The highest BCUT2D eigenvalue weighted by Crippen LogP contribution is 2.44. The Morgan fingerprint density at radius 3 is 1.93 bits per heavy atom. The van der Waals surface area contributed by atoms with Crippen molar-refractivity contribution in [1.82, 2.24) is 5.32 Å². The van der Waals surface area contributed by atoms with Crippen LogP contribution in [0.3, 0.4) is 0 Å². The largest absolute Gasteiger partial charge is 0.388 e. The summed E-state index contributed by atoms with van der Waals surface area (Å²) in [6.45, 7) is 13.9. The summed E-state index contributed by atoms with van der Waals surface area (Å²) in [4.78, 5) is 0. The minimum Gasteiger partial charge on any atom is -0.388 e. The number of nitrogens with one attached hydrogen (secondary N) is 1. The summed E-state index contributed by atoms with van der Waals surface area (Å²) in [5.41, 5.74) is -0.530. The molecule has 84 valence electrons. The maximum absolute atomic E-state index is 10.8. The van der Waals surface area contributed by atoms with E-state index in [1.807, 2.05) is 0 Å².